The number of anilines is 1. The lowest BCUT2D eigenvalue weighted by atomic mass is 10.1. The lowest BCUT2D eigenvalue weighted by molar-refractivity contribution is -0.116. The first-order chi connectivity index (χ1) is 14.4. The van der Waals surface area contributed by atoms with Gasteiger partial charge in [-0.1, -0.05) is 32.0 Å². The number of fused-ring (bicyclic) bond motifs is 1. The molecular weight excluding hydrogens is 384 g/mol. The summed E-state index contributed by atoms with van der Waals surface area (Å²) in [6, 6.07) is 10.6. The maximum Gasteiger partial charge on any atom is 0.281 e. The largest absolute Gasteiger partial charge is 0.496 e. The van der Waals surface area contributed by atoms with Crippen molar-refractivity contribution in [3.63, 3.8) is 0 Å². The zero-order valence-electron chi connectivity index (χ0n) is 17.1. The molecule has 2 N–H and O–H groups in total. The van der Waals surface area contributed by atoms with Crippen LogP contribution < -0.4 is 20.9 Å². The quantitative estimate of drug-likeness (QED) is 0.626. The van der Waals surface area contributed by atoms with Crippen LogP contribution >= 0.6 is 0 Å². The monoisotopic (exact) mass is 408 g/mol. The summed E-state index contributed by atoms with van der Waals surface area (Å²) in [5.74, 6) is 0.247. The highest BCUT2D eigenvalue weighted by Crippen LogP contribution is 2.17. The van der Waals surface area contributed by atoms with E-state index in [0.717, 1.165) is 5.56 Å². The number of ether oxygens (including phenoxy) is 1. The molecule has 2 amide bonds. The fraction of sp³-hybridized carbons (Fsp3) is 0.273. The Balaban J connectivity index is 1.81. The van der Waals surface area contributed by atoms with Crippen LogP contribution in [-0.2, 0) is 11.3 Å². The number of carbonyl (C=O) groups excluding carboxylic acids is 2. The van der Waals surface area contributed by atoms with Crippen molar-refractivity contribution in [1.82, 2.24) is 14.7 Å². The molecule has 0 aliphatic heterocycles. The standard InChI is InChI=1S/C22H24N4O4/c1-14(2)10-20(27)25-17-12-23-19-9-8-16(13-26(19)22(17)29)21(28)24-11-15-6-4-5-7-18(15)30-3/h4-9,12-14H,10-11H2,1-3H3,(H,24,28)(H,25,27). The van der Waals surface area contributed by atoms with Crippen LogP contribution in [0.1, 0.15) is 36.2 Å². The first-order valence-electron chi connectivity index (χ1n) is 9.60. The second-order valence-electron chi connectivity index (χ2n) is 7.26. The molecule has 0 fully saturated rings. The molecule has 3 aromatic rings. The highest BCUT2D eigenvalue weighted by Gasteiger charge is 2.13. The molecule has 8 heteroatoms. The summed E-state index contributed by atoms with van der Waals surface area (Å²) in [6.45, 7) is 4.11. The van der Waals surface area contributed by atoms with E-state index in [4.69, 9.17) is 4.74 Å². The molecule has 0 saturated carbocycles. The Kier molecular flexibility index (Phi) is 6.46. The first kappa shape index (κ1) is 21.0. The molecule has 0 spiro atoms. The van der Waals surface area contributed by atoms with Crippen molar-refractivity contribution in [2.45, 2.75) is 26.8 Å². The molecule has 8 nitrogen and oxygen atoms in total. The molecular formula is C22H24N4O4. The molecule has 0 aliphatic carbocycles. The van der Waals surface area contributed by atoms with E-state index in [1.165, 1.54) is 16.8 Å². The normalized spacial score (nSPS) is 10.8. The predicted octanol–water partition coefficient (Wildman–Crippen LogP) is 2.62. The SMILES string of the molecule is COc1ccccc1CNC(=O)c1ccc2ncc(NC(=O)CC(C)C)c(=O)n2c1. The Hall–Kier alpha value is -3.68. The van der Waals surface area contributed by atoms with Crippen LogP contribution in [0.15, 0.2) is 53.6 Å². The average Bonchev–Trinajstić information content (AvgIpc) is 2.73. The van der Waals surface area contributed by atoms with Gasteiger partial charge in [-0.25, -0.2) is 4.98 Å². The lowest BCUT2D eigenvalue weighted by Crippen LogP contribution is -2.26. The molecule has 156 valence electrons. The molecule has 0 saturated heterocycles. The second kappa shape index (κ2) is 9.21. The Bertz CT molecular complexity index is 1140. The highest BCUT2D eigenvalue weighted by molar-refractivity contribution is 5.94. The summed E-state index contributed by atoms with van der Waals surface area (Å²) in [6.07, 6.45) is 3.05. The van der Waals surface area contributed by atoms with Crippen molar-refractivity contribution < 1.29 is 14.3 Å². The van der Waals surface area contributed by atoms with Crippen molar-refractivity contribution in [2.24, 2.45) is 5.92 Å². The second-order valence-corrected chi connectivity index (χ2v) is 7.26. The van der Waals surface area contributed by atoms with E-state index in [0.29, 0.717) is 23.4 Å². The minimum atomic E-state index is -0.448. The van der Waals surface area contributed by atoms with E-state index in [9.17, 15) is 14.4 Å². The molecule has 2 aromatic heterocycles. The minimum Gasteiger partial charge on any atom is -0.496 e. The van der Waals surface area contributed by atoms with E-state index in [1.807, 2.05) is 38.1 Å². The molecule has 3 rings (SSSR count). The van der Waals surface area contributed by atoms with Crippen LogP contribution in [0.5, 0.6) is 5.75 Å². The predicted molar refractivity (Wildman–Crippen MR) is 114 cm³/mol. The molecule has 2 heterocycles. The third-order valence-corrected chi connectivity index (χ3v) is 4.46. The number of hydrogen-bond donors (Lipinski definition) is 2. The maximum absolute atomic E-state index is 12.7. The molecule has 0 unspecified atom stereocenters. The van der Waals surface area contributed by atoms with E-state index >= 15 is 0 Å². The van der Waals surface area contributed by atoms with E-state index in [1.54, 1.807) is 19.2 Å². The Morgan fingerprint density at radius 1 is 1.17 bits per heavy atom. The molecule has 0 atom stereocenters. The van der Waals surface area contributed by atoms with Crippen molar-refractivity contribution in [3.05, 3.63) is 70.3 Å². The first-order valence-corrected chi connectivity index (χ1v) is 9.60. The van der Waals surface area contributed by atoms with Gasteiger partial charge in [-0.3, -0.25) is 18.8 Å². The minimum absolute atomic E-state index is 0.0738. The smallest absolute Gasteiger partial charge is 0.281 e. The van der Waals surface area contributed by atoms with Crippen molar-refractivity contribution >= 4 is 23.1 Å². The van der Waals surface area contributed by atoms with Crippen molar-refractivity contribution in [1.29, 1.82) is 0 Å². The number of nitrogens with one attached hydrogen (secondary N) is 2. The van der Waals surface area contributed by atoms with Gasteiger partial charge in [0.05, 0.1) is 18.9 Å². The van der Waals surface area contributed by atoms with E-state index in [2.05, 4.69) is 15.6 Å². The van der Waals surface area contributed by atoms with Crippen LogP contribution in [-0.4, -0.2) is 28.3 Å². The number of rotatable bonds is 7. The Morgan fingerprint density at radius 2 is 1.93 bits per heavy atom. The van der Waals surface area contributed by atoms with Gasteiger partial charge in [-0.15, -0.1) is 0 Å². The fourth-order valence-corrected chi connectivity index (χ4v) is 3.00. The van der Waals surface area contributed by atoms with Gasteiger partial charge in [-0.05, 0) is 24.1 Å². The Labute approximate surface area is 173 Å². The topological polar surface area (TPSA) is 102 Å². The van der Waals surface area contributed by atoms with Crippen LogP contribution in [0, 0.1) is 5.92 Å². The highest BCUT2D eigenvalue weighted by atomic mass is 16.5. The Morgan fingerprint density at radius 3 is 2.67 bits per heavy atom. The van der Waals surface area contributed by atoms with Crippen LogP contribution in [0.2, 0.25) is 0 Å². The number of hydrogen-bond acceptors (Lipinski definition) is 5. The van der Waals surface area contributed by atoms with Crippen LogP contribution in [0.25, 0.3) is 5.65 Å². The molecule has 0 aliphatic rings. The number of aromatic nitrogens is 2. The number of amides is 2. The van der Waals surface area contributed by atoms with Gasteiger partial charge in [0.15, 0.2) is 0 Å². The van der Waals surface area contributed by atoms with Gasteiger partial charge < -0.3 is 15.4 Å². The van der Waals surface area contributed by atoms with Gasteiger partial charge in [0.25, 0.3) is 11.5 Å². The van der Waals surface area contributed by atoms with Crippen molar-refractivity contribution in [3.8, 4) is 5.75 Å². The molecule has 30 heavy (non-hydrogen) atoms. The fourth-order valence-electron chi connectivity index (χ4n) is 3.00. The van der Waals surface area contributed by atoms with Gasteiger partial charge in [0.2, 0.25) is 5.91 Å². The molecule has 1 aromatic carbocycles. The van der Waals surface area contributed by atoms with Gasteiger partial charge >= 0.3 is 0 Å². The summed E-state index contributed by atoms with van der Waals surface area (Å²) < 4.78 is 6.54. The number of para-hydroxylation sites is 1. The van der Waals surface area contributed by atoms with Crippen LogP contribution in [0.3, 0.4) is 0 Å². The van der Waals surface area contributed by atoms with Gasteiger partial charge in [0.1, 0.15) is 17.1 Å². The number of nitrogens with zero attached hydrogens (tertiary/aromatic N) is 2. The zero-order valence-corrected chi connectivity index (χ0v) is 17.1. The average molecular weight is 408 g/mol. The van der Waals surface area contributed by atoms with Crippen molar-refractivity contribution in [2.75, 3.05) is 12.4 Å². The molecule has 0 radical (unpaired) electrons. The third-order valence-electron chi connectivity index (χ3n) is 4.46. The number of methoxy groups -OCH3 is 1. The number of pyridine rings is 1. The van der Waals surface area contributed by atoms with Gasteiger partial charge in [-0.2, -0.15) is 0 Å². The summed E-state index contributed by atoms with van der Waals surface area (Å²) >= 11 is 0. The third kappa shape index (κ3) is 4.83. The van der Waals surface area contributed by atoms with Crippen LogP contribution in [0.4, 0.5) is 5.69 Å². The zero-order chi connectivity index (χ0) is 21.7. The number of carbonyl (C=O) groups is 2. The summed E-state index contributed by atoms with van der Waals surface area (Å²) in [5, 5.41) is 5.41. The number of benzene rings is 1. The summed E-state index contributed by atoms with van der Waals surface area (Å²) in [7, 11) is 1.57. The summed E-state index contributed by atoms with van der Waals surface area (Å²) in [5.41, 5.74) is 1.14. The van der Waals surface area contributed by atoms with Gasteiger partial charge in [0, 0.05) is 24.7 Å². The lowest BCUT2D eigenvalue weighted by Gasteiger charge is -2.11. The summed E-state index contributed by atoms with van der Waals surface area (Å²) in [4.78, 5) is 41.5. The maximum atomic E-state index is 12.7. The molecule has 0 bridgehead atoms. The van der Waals surface area contributed by atoms with E-state index < -0.39 is 5.56 Å². The van der Waals surface area contributed by atoms with E-state index in [-0.39, 0.29) is 30.0 Å².